The highest BCUT2D eigenvalue weighted by Crippen LogP contribution is 2.21. The number of aliphatic hydroxyl groups excluding tert-OH is 1. The number of carbonyl (C=O) groups is 1. The summed E-state index contributed by atoms with van der Waals surface area (Å²) < 4.78 is 22.2. The summed E-state index contributed by atoms with van der Waals surface area (Å²) >= 11 is 0. The zero-order valence-corrected chi connectivity index (χ0v) is 8.23. The monoisotopic (exact) mass is 235 g/mol. The van der Waals surface area contributed by atoms with E-state index in [-0.39, 0.29) is 0 Å². The first kappa shape index (κ1) is 11.7. The molecule has 4 N–H and O–H groups in total. The molecule has 0 bridgehead atoms. The van der Waals surface area contributed by atoms with Gasteiger partial charge in [-0.05, 0) is 6.08 Å². The third kappa shape index (κ3) is 2.35. The lowest BCUT2D eigenvalue weighted by atomic mass is 10.0. The summed E-state index contributed by atoms with van der Waals surface area (Å²) in [5, 5.41) is 24.9. The average molecular weight is 235 g/mol. The van der Waals surface area contributed by atoms with Crippen molar-refractivity contribution in [2.24, 2.45) is 0 Å². The van der Waals surface area contributed by atoms with E-state index in [4.69, 9.17) is 15.4 Å². The van der Waals surface area contributed by atoms with Gasteiger partial charge in [0, 0.05) is 6.42 Å². The summed E-state index contributed by atoms with van der Waals surface area (Å²) in [6.07, 6.45) is 1.68. The topological polar surface area (TPSA) is 124 Å². The Morgan fingerprint density at radius 3 is 2.60 bits per heavy atom. The molecule has 0 fully saturated rings. The van der Waals surface area contributed by atoms with Crippen molar-refractivity contribution >= 4 is 16.0 Å². The fraction of sp³-hybridized carbons (Fsp3) is 0.286. The van der Waals surface area contributed by atoms with E-state index in [9.17, 15) is 13.2 Å². The molecule has 15 heavy (non-hydrogen) atoms. The van der Waals surface area contributed by atoms with E-state index in [1.165, 1.54) is 0 Å². The van der Waals surface area contributed by atoms with E-state index in [1.54, 1.807) is 0 Å². The van der Waals surface area contributed by atoms with E-state index in [1.807, 2.05) is 0 Å². The van der Waals surface area contributed by atoms with Crippen molar-refractivity contribution in [3.63, 3.8) is 0 Å². The molecule has 84 valence electrons. The van der Waals surface area contributed by atoms with Gasteiger partial charge in [-0.15, -0.1) is 0 Å². The predicted molar refractivity (Wildman–Crippen MR) is 48.7 cm³/mol. The van der Waals surface area contributed by atoms with Crippen LogP contribution >= 0.6 is 0 Å². The first-order chi connectivity index (χ1) is 6.88. The third-order valence-corrected chi connectivity index (χ3v) is 3.34. The molecule has 0 spiro atoms. The fourth-order valence-corrected chi connectivity index (χ4v) is 1.96. The Morgan fingerprint density at radius 2 is 2.13 bits per heavy atom. The van der Waals surface area contributed by atoms with Gasteiger partial charge in [-0.2, -0.15) is 0 Å². The van der Waals surface area contributed by atoms with Gasteiger partial charge >= 0.3 is 5.97 Å². The number of hydrogen-bond acceptors (Lipinski definition) is 5. The number of hydrogen-bond donors (Lipinski definition) is 4. The molecular weight excluding hydrogens is 226 g/mol. The van der Waals surface area contributed by atoms with Crippen LogP contribution in [-0.2, 0) is 14.8 Å². The normalized spacial score (nSPS) is 21.8. The van der Waals surface area contributed by atoms with E-state index >= 15 is 0 Å². The molecule has 1 aliphatic carbocycles. The van der Waals surface area contributed by atoms with Crippen molar-refractivity contribution < 1.29 is 28.6 Å². The van der Waals surface area contributed by atoms with Crippen molar-refractivity contribution in [3.8, 4) is 0 Å². The highest BCUT2D eigenvalue weighted by molar-refractivity contribution is 7.90. The molecule has 1 aliphatic rings. The van der Waals surface area contributed by atoms with Gasteiger partial charge in [0.05, 0.1) is 5.57 Å². The maximum atomic E-state index is 11.1. The van der Waals surface area contributed by atoms with Crippen LogP contribution < -0.4 is 4.89 Å². The zero-order valence-electron chi connectivity index (χ0n) is 7.41. The summed E-state index contributed by atoms with van der Waals surface area (Å²) in [5.74, 6) is -1.87. The second-order valence-electron chi connectivity index (χ2n) is 2.91. The molecule has 7 nitrogen and oxygen atoms in total. The van der Waals surface area contributed by atoms with Crippen LogP contribution in [0.15, 0.2) is 23.5 Å². The largest absolute Gasteiger partial charge is 0.507 e. The van der Waals surface area contributed by atoms with Gasteiger partial charge in [-0.3, -0.25) is 0 Å². The molecule has 8 heteroatoms. The van der Waals surface area contributed by atoms with Crippen LogP contribution in [0, 0.1) is 0 Å². The molecule has 1 unspecified atom stereocenters. The maximum absolute atomic E-state index is 11.1. The second kappa shape index (κ2) is 4.01. The van der Waals surface area contributed by atoms with Crippen LogP contribution in [0.5, 0.6) is 0 Å². The number of allylic oxidation sites excluding steroid dienone is 1. The van der Waals surface area contributed by atoms with Gasteiger partial charge in [0.25, 0.3) is 0 Å². The molecule has 0 aromatic heterocycles. The minimum Gasteiger partial charge on any atom is -0.507 e. The molecule has 0 heterocycles. The summed E-state index contributed by atoms with van der Waals surface area (Å²) in [4.78, 5) is 11.7. The van der Waals surface area contributed by atoms with Gasteiger partial charge in [-0.25, -0.2) is 13.2 Å². The Labute approximate surface area is 85.4 Å². The van der Waals surface area contributed by atoms with Crippen molar-refractivity contribution in [1.29, 1.82) is 0 Å². The van der Waals surface area contributed by atoms with Crippen LogP contribution in [0.2, 0.25) is 0 Å². The van der Waals surface area contributed by atoms with Crippen LogP contribution in [0.4, 0.5) is 0 Å². The molecule has 1 atom stereocenters. The Morgan fingerprint density at radius 1 is 1.53 bits per heavy atom. The Balaban J connectivity index is 3.01. The molecule has 0 aromatic carbocycles. The smallest absolute Gasteiger partial charge is 0.335 e. The Hall–Kier alpha value is -1.38. The molecule has 0 amide bonds. The van der Waals surface area contributed by atoms with E-state index in [0.717, 1.165) is 17.0 Å². The lowest BCUT2D eigenvalue weighted by Crippen LogP contribution is -2.33. The fourth-order valence-electron chi connectivity index (χ4n) is 1.15. The van der Waals surface area contributed by atoms with Crippen molar-refractivity contribution in [2.45, 2.75) is 11.7 Å². The van der Waals surface area contributed by atoms with Gasteiger partial charge in [-0.1, -0.05) is 11.0 Å². The highest BCUT2D eigenvalue weighted by Gasteiger charge is 2.30. The first-order valence-corrected chi connectivity index (χ1v) is 5.41. The maximum Gasteiger partial charge on any atom is 0.335 e. The van der Waals surface area contributed by atoms with Crippen LogP contribution in [0.1, 0.15) is 6.42 Å². The summed E-state index contributed by atoms with van der Waals surface area (Å²) in [5.41, 5.74) is -0.402. The molecule has 0 aliphatic heterocycles. The van der Waals surface area contributed by atoms with E-state index in [2.05, 4.69) is 0 Å². The van der Waals surface area contributed by atoms with Crippen molar-refractivity contribution in [2.75, 3.05) is 0 Å². The predicted octanol–water partition coefficient (Wildman–Crippen LogP) is -0.480. The minimum absolute atomic E-state index is 0.395. The highest BCUT2D eigenvalue weighted by atomic mass is 32.2. The van der Waals surface area contributed by atoms with E-state index < -0.39 is 39.0 Å². The molecule has 0 saturated heterocycles. The van der Waals surface area contributed by atoms with Gasteiger partial charge in [0.1, 0.15) is 11.0 Å². The standard InChI is InChI=1S/C7H9NO6S/c9-6-2-1-4(15(13,14)8-12)3-5(6)7(10)11/h1-2,4,8-9,12H,3H2,(H,10,11). The quantitative estimate of drug-likeness (QED) is 0.490. The summed E-state index contributed by atoms with van der Waals surface area (Å²) in [6, 6.07) is 0. The third-order valence-electron chi connectivity index (χ3n) is 1.97. The van der Waals surface area contributed by atoms with Crippen molar-refractivity contribution in [3.05, 3.63) is 23.5 Å². The Kier molecular flexibility index (Phi) is 3.12. The second-order valence-corrected chi connectivity index (χ2v) is 4.79. The number of rotatable bonds is 3. The van der Waals surface area contributed by atoms with Gasteiger partial charge < -0.3 is 15.4 Å². The SMILES string of the molecule is O=C(O)C1=C(O)C=CC(S(=O)(=O)NO)C1. The van der Waals surface area contributed by atoms with Crippen LogP contribution in [-0.4, -0.2) is 35.1 Å². The number of nitrogens with one attached hydrogen (secondary N) is 1. The number of carboxylic acid groups (broad SMARTS) is 1. The lowest BCUT2D eigenvalue weighted by molar-refractivity contribution is -0.133. The molecule has 0 saturated carbocycles. The summed E-state index contributed by atoms with van der Waals surface area (Å²) in [7, 11) is -4.00. The van der Waals surface area contributed by atoms with Gasteiger partial charge in [0.2, 0.25) is 10.0 Å². The first-order valence-electron chi connectivity index (χ1n) is 3.87. The lowest BCUT2D eigenvalue weighted by Gasteiger charge is -2.16. The molecule has 1 rings (SSSR count). The van der Waals surface area contributed by atoms with Crippen LogP contribution in [0.3, 0.4) is 0 Å². The number of carboxylic acids is 1. The number of aliphatic carboxylic acids is 1. The zero-order chi connectivity index (χ0) is 11.6. The number of sulfonamides is 1. The molecule has 0 aromatic rings. The van der Waals surface area contributed by atoms with Gasteiger partial charge in [0.15, 0.2) is 0 Å². The minimum atomic E-state index is -4.00. The summed E-state index contributed by atoms with van der Waals surface area (Å²) in [6.45, 7) is 0. The average Bonchev–Trinajstić information content (AvgIpc) is 2.17. The van der Waals surface area contributed by atoms with Crippen molar-refractivity contribution in [1.82, 2.24) is 4.89 Å². The number of aliphatic hydroxyl groups is 1. The molecule has 0 radical (unpaired) electrons. The Bertz CT molecular complexity index is 434. The molecular formula is C7H9NO6S. The van der Waals surface area contributed by atoms with Crippen LogP contribution in [0.25, 0.3) is 0 Å². The van der Waals surface area contributed by atoms with E-state index in [0.29, 0.717) is 0 Å².